The van der Waals surface area contributed by atoms with Crippen molar-refractivity contribution in [1.82, 2.24) is 5.32 Å². The first-order valence-electron chi connectivity index (χ1n) is 6.32. The molecule has 19 heavy (non-hydrogen) atoms. The zero-order chi connectivity index (χ0) is 13.8. The average molecular weight is 259 g/mol. The minimum absolute atomic E-state index is 0.186. The summed E-state index contributed by atoms with van der Waals surface area (Å²) in [6.45, 7) is 3.00. The van der Waals surface area contributed by atoms with Crippen LogP contribution in [0.4, 0.5) is 5.69 Å². The molecule has 1 saturated heterocycles. The van der Waals surface area contributed by atoms with E-state index in [1.165, 1.54) is 0 Å². The molecule has 1 aromatic rings. The third-order valence-corrected chi connectivity index (χ3v) is 3.27. The van der Waals surface area contributed by atoms with Crippen LogP contribution in [0, 0.1) is 17.2 Å². The van der Waals surface area contributed by atoms with E-state index < -0.39 is 6.04 Å². The van der Waals surface area contributed by atoms with Crippen LogP contribution in [0.1, 0.15) is 12.5 Å². The molecule has 0 spiro atoms. The van der Waals surface area contributed by atoms with Gasteiger partial charge in [0.2, 0.25) is 5.91 Å². The van der Waals surface area contributed by atoms with E-state index in [1.54, 1.807) is 29.2 Å². The third kappa shape index (κ3) is 2.75. The van der Waals surface area contributed by atoms with Crippen LogP contribution >= 0.6 is 0 Å². The number of anilines is 1. The number of hydrogen-bond acceptors (Lipinski definition) is 4. The molecule has 1 aliphatic rings. The second-order valence-electron chi connectivity index (χ2n) is 4.83. The summed E-state index contributed by atoms with van der Waals surface area (Å²) in [5.74, 6) is 0.0711. The summed E-state index contributed by atoms with van der Waals surface area (Å²) in [7, 11) is 0. The number of nitrogens with one attached hydrogen (secondary N) is 1. The van der Waals surface area contributed by atoms with Gasteiger partial charge in [0.15, 0.2) is 0 Å². The van der Waals surface area contributed by atoms with Gasteiger partial charge in [-0.3, -0.25) is 4.79 Å². The Hall–Kier alpha value is -1.90. The van der Waals surface area contributed by atoms with Crippen molar-refractivity contribution >= 4 is 11.6 Å². The standard InChI is InChI=1S/C14H17N3O2/c1-10-7-16-12(9-18)14(19)17(8-10)13-5-3-2-4-11(13)6-15/h2-5,10,12,16,18H,7-9H2,1H3. The van der Waals surface area contributed by atoms with Gasteiger partial charge in [0.25, 0.3) is 0 Å². The van der Waals surface area contributed by atoms with E-state index in [-0.39, 0.29) is 18.4 Å². The van der Waals surface area contributed by atoms with Crippen molar-refractivity contribution in [3.8, 4) is 6.07 Å². The van der Waals surface area contributed by atoms with Crippen LogP contribution in [0.2, 0.25) is 0 Å². The highest BCUT2D eigenvalue weighted by Crippen LogP contribution is 2.23. The lowest BCUT2D eigenvalue weighted by Gasteiger charge is -2.25. The van der Waals surface area contributed by atoms with Crippen molar-refractivity contribution in [2.24, 2.45) is 5.92 Å². The molecule has 5 nitrogen and oxygen atoms in total. The zero-order valence-corrected chi connectivity index (χ0v) is 10.8. The van der Waals surface area contributed by atoms with Gasteiger partial charge in [-0.2, -0.15) is 5.26 Å². The zero-order valence-electron chi connectivity index (χ0n) is 10.8. The van der Waals surface area contributed by atoms with Gasteiger partial charge in [-0.1, -0.05) is 19.1 Å². The van der Waals surface area contributed by atoms with Crippen LogP contribution in [-0.4, -0.2) is 36.8 Å². The largest absolute Gasteiger partial charge is 0.394 e. The quantitative estimate of drug-likeness (QED) is 0.810. The molecule has 2 atom stereocenters. The number of nitrogens with zero attached hydrogens (tertiary/aromatic N) is 2. The lowest BCUT2D eigenvalue weighted by molar-refractivity contribution is -0.121. The number of aliphatic hydroxyl groups excluding tert-OH is 1. The Kier molecular flexibility index (Phi) is 4.15. The molecule has 2 N–H and O–H groups in total. The van der Waals surface area contributed by atoms with Crippen LogP contribution in [-0.2, 0) is 4.79 Å². The number of carbonyl (C=O) groups excluding carboxylic acids is 1. The number of rotatable bonds is 2. The summed E-state index contributed by atoms with van der Waals surface area (Å²) < 4.78 is 0. The van der Waals surface area contributed by atoms with Crippen molar-refractivity contribution in [2.75, 3.05) is 24.6 Å². The number of nitriles is 1. The number of hydrogen-bond donors (Lipinski definition) is 2. The molecule has 0 aliphatic carbocycles. The maximum Gasteiger partial charge on any atom is 0.246 e. The number of benzene rings is 1. The van der Waals surface area contributed by atoms with E-state index >= 15 is 0 Å². The number of aliphatic hydroxyl groups is 1. The molecule has 2 rings (SSSR count). The van der Waals surface area contributed by atoms with Gasteiger partial charge in [0.1, 0.15) is 12.1 Å². The first kappa shape index (κ1) is 13.5. The molecule has 0 aromatic heterocycles. The topological polar surface area (TPSA) is 76.4 Å². The summed E-state index contributed by atoms with van der Waals surface area (Å²) >= 11 is 0. The molecule has 1 aliphatic heterocycles. The summed E-state index contributed by atoms with van der Waals surface area (Å²) in [5.41, 5.74) is 1.09. The molecule has 2 unspecified atom stereocenters. The number of para-hydroxylation sites is 1. The van der Waals surface area contributed by atoms with E-state index in [0.29, 0.717) is 24.3 Å². The lowest BCUT2D eigenvalue weighted by Crippen LogP contribution is -2.46. The summed E-state index contributed by atoms with van der Waals surface area (Å²) in [4.78, 5) is 14.0. The molecule has 0 saturated carbocycles. The van der Waals surface area contributed by atoms with E-state index in [2.05, 4.69) is 11.4 Å². The summed E-state index contributed by atoms with van der Waals surface area (Å²) in [6, 6.07) is 8.54. The van der Waals surface area contributed by atoms with E-state index in [9.17, 15) is 9.90 Å². The van der Waals surface area contributed by atoms with Gasteiger partial charge >= 0.3 is 0 Å². The highest BCUT2D eigenvalue weighted by molar-refractivity contribution is 5.98. The van der Waals surface area contributed by atoms with Crippen LogP contribution in [0.5, 0.6) is 0 Å². The fourth-order valence-electron chi connectivity index (χ4n) is 2.25. The van der Waals surface area contributed by atoms with Crippen molar-refractivity contribution in [3.63, 3.8) is 0 Å². The molecular formula is C14H17N3O2. The van der Waals surface area contributed by atoms with Crippen molar-refractivity contribution in [3.05, 3.63) is 29.8 Å². The first-order chi connectivity index (χ1) is 9.17. The van der Waals surface area contributed by atoms with E-state index in [0.717, 1.165) is 0 Å². The second-order valence-corrected chi connectivity index (χ2v) is 4.83. The summed E-state index contributed by atoms with van der Waals surface area (Å²) in [6.07, 6.45) is 0. The Morgan fingerprint density at radius 3 is 2.95 bits per heavy atom. The predicted octanol–water partition coefficient (Wildman–Crippen LogP) is 0.491. The normalized spacial score (nSPS) is 23.8. The Balaban J connectivity index is 2.40. The molecule has 0 radical (unpaired) electrons. The molecule has 1 fully saturated rings. The molecule has 1 aromatic carbocycles. The van der Waals surface area contributed by atoms with Gasteiger partial charge in [-0.25, -0.2) is 0 Å². The fourth-order valence-corrected chi connectivity index (χ4v) is 2.25. The van der Waals surface area contributed by atoms with Crippen LogP contribution in [0.15, 0.2) is 24.3 Å². The maximum absolute atomic E-state index is 12.4. The van der Waals surface area contributed by atoms with Crippen LogP contribution < -0.4 is 10.2 Å². The number of carbonyl (C=O) groups is 1. The monoisotopic (exact) mass is 259 g/mol. The molecule has 1 amide bonds. The molecule has 1 heterocycles. The number of amides is 1. The van der Waals surface area contributed by atoms with Gasteiger partial charge in [-0.05, 0) is 18.1 Å². The molecular weight excluding hydrogens is 242 g/mol. The van der Waals surface area contributed by atoms with Gasteiger partial charge in [0.05, 0.1) is 17.9 Å². The lowest BCUT2D eigenvalue weighted by atomic mass is 10.1. The van der Waals surface area contributed by atoms with Crippen LogP contribution in [0.3, 0.4) is 0 Å². The highest BCUT2D eigenvalue weighted by atomic mass is 16.3. The van der Waals surface area contributed by atoms with Crippen molar-refractivity contribution in [1.29, 1.82) is 5.26 Å². The smallest absolute Gasteiger partial charge is 0.246 e. The Morgan fingerprint density at radius 2 is 2.26 bits per heavy atom. The van der Waals surface area contributed by atoms with Crippen LogP contribution in [0.25, 0.3) is 0 Å². The maximum atomic E-state index is 12.4. The Morgan fingerprint density at radius 1 is 1.53 bits per heavy atom. The SMILES string of the molecule is CC1CNC(CO)C(=O)N(c2ccccc2C#N)C1. The van der Waals surface area contributed by atoms with Gasteiger partial charge in [-0.15, -0.1) is 0 Å². The van der Waals surface area contributed by atoms with Gasteiger partial charge < -0.3 is 15.3 Å². The summed E-state index contributed by atoms with van der Waals surface area (Å²) in [5, 5.41) is 21.5. The molecule has 0 bridgehead atoms. The van der Waals surface area contributed by atoms with Crippen molar-refractivity contribution < 1.29 is 9.90 Å². The minimum Gasteiger partial charge on any atom is -0.394 e. The first-order valence-corrected chi connectivity index (χ1v) is 6.32. The highest BCUT2D eigenvalue weighted by Gasteiger charge is 2.30. The third-order valence-electron chi connectivity index (χ3n) is 3.27. The second kappa shape index (κ2) is 5.83. The van der Waals surface area contributed by atoms with E-state index in [4.69, 9.17) is 5.26 Å². The molecule has 100 valence electrons. The molecule has 5 heteroatoms. The Bertz CT molecular complexity index is 510. The fraction of sp³-hybridized carbons (Fsp3) is 0.429. The average Bonchev–Trinajstić information content (AvgIpc) is 2.58. The van der Waals surface area contributed by atoms with Crippen molar-refractivity contribution in [2.45, 2.75) is 13.0 Å². The predicted molar refractivity (Wildman–Crippen MR) is 71.6 cm³/mol. The Labute approximate surface area is 112 Å². The van der Waals surface area contributed by atoms with E-state index in [1.807, 2.05) is 6.92 Å². The minimum atomic E-state index is -0.600. The van der Waals surface area contributed by atoms with Gasteiger partial charge in [0, 0.05) is 13.1 Å².